The van der Waals surface area contributed by atoms with Crippen LogP contribution < -0.4 is 0 Å². The normalized spacial score (nSPS) is 16.6. The molecular weight excluding hydrogens is 420 g/mol. The predicted molar refractivity (Wildman–Crippen MR) is 103 cm³/mol. The number of carbonyl (C=O) groups excluding carboxylic acids is 1. The zero-order chi connectivity index (χ0) is 19.6. The number of amidine groups is 1. The molecule has 0 radical (unpaired) electrons. The van der Waals surface area contributed by atoms with Gasteiger partial charge in [0.1, 0.15) is 0 Å². The maximum absolute atomic E-state index is 12.9. The molecule has 3 nitrogen and oxygen atoms in total. The highest BCUT2D eigenvalue weighted by atomic mass is 35.5. The van der Waals surface area contributed by atoms with Crippen molar-refractivity contribution in [3.63, 3.8) is 0 Å². The van der Waals surface area contributed by atoms with Crippen LogP contribution in [-0.2, 0) is 6.18 Å². The maximum Gasteiger partial charge on any atom is 0.416 e. The van der Waals surface area contributed by atoms with E-state index in [1.807, 2.05) is 0 Å². The highest BCUT2D eigenvalue weighted by molar-refractivity contribution is 8.13. The minimum atomic E-state index is -4.45. The monoisotopic (exact) mass is 432 g/mol. The number of hydrogen-bond acceptors (Lipinski definition) is 3. The van der Waals surface area contributed by atoms with E-state index in [0.717, 1.165) is 24.3 Å². The zero-order valence-electron chi connectivity index (χ0n) is 13.8. The maximum atomic E-state index is 12.9. The summed E-state index contributed by atoms with van der Waals surface area (Å²) in [5.74, 6) is 0.398. The van der Waals surface area contributed by atoms with Crippen LogP contribution in [-0.4, -0.2) is 28.3 Å². The van der Waals surface area contributed by atoms with Gasteiger partial charge in [-0.1, -0.05) is 41.0 Å². The number of benzene rings is 2. The van der Waals surface area contributed by atoms with Gasteiger partial charge in [0.2, 0.25) is 0 Å². The summed E-state index contributed by atoms with van der Waals surface area (Å²) in [6.07, 6.45) is -3.70. The first-order valence-electron chi connectivity index (χ1n) is 7.91. The van der Waals surface area contributed by atoms with E-state index in [1.54, 1.807) is 6.07 Å². The Morgan fingerprint density at radius 1 is 1.11 bits per heavy atom. The number of halogens is 5. The largest absolute Gasteiger partial charge is 0.416 e. The lowest BCUT2D eigenvalue weighted by Gasteiger charge is -2.28. The summed E-state index contributed by atoms with van der Waals surface area (Å²) >= 11 is 13.2. The Balaban J connectivity index is 1.92. The molecule has 9 heteroatoms. The number of thioether (sulfide) groups is 1. The summed E-state index contributed by atoms with van der Waals surface area (Å²) in [5, 5.41) is 0.944. The lowest BCUT2D eigenvalue weighted by atomic mass is 10.2. The number of amides is 1. The van der Waals surface area contributed by atoms with Crippen LogP contribution in [0.15, 0.2) is 47.5 Å². The highest BCUT2D eigenvalue weighted by Crippen LogP contribution is 2.32. The van der Waals surface area contributed by atoms with Crippen LogP contribution in [0.25, 0.3) is 0 Å². The number of carbonyl (C=O) groups is 1. The van der Waals surface area contributed by atoms with Crippen LogP contribution in [0.4, 0.5) is 18.9 Å². The fourth-order valence-electron chi connectivity index (χ4n) is 2.49. The zero-order valence-corrected chi connectivity index (χ0v) is 16.1. The molecule has 1 fully saturated rings. The van der Waals surface area contributed by atoms with Crippen LogP contribution in [0.3, 0.4) is 0 Å². The Bertz CT molecular complexity index is 902. The Hall–Kier alpha value is -1.70. The van der Waals surface area contributed by atoms with E-state index in [9.17, 15) is 18.0 Å². The minimum absolute atomic E-state index is 0.140. The predicted octanol–water partition coefficient (Wildman–Crippen LogP) is 6.28. The van der Waals surface area contributed by atoms with Crippen molar-refractivity contribution in [1.29, 1.82) is 0 Å². The highest BCUT2D eigenvalue weighted by Gasteiger charge is 2.31. The fourth-order valence-corrected chi connectivity index (χ4v) is 3.74. The van der Waals surface area contributed by atoms with Gasteiger partial charge in [-0.25, -0.2) is 4.99 Å². The molecule has 1 saturated heterocycles. The molecule has 0 bridgehead atoms. The smallest absolute Gasteiger partial charge is 0.287 e. The van der Waals surface area contributed by atoms with Gasteiger partial charge in [0.05, 0.1) is 21.3 Å². The molecule has 3 rings (SSSR count). The van der Waals surface area contributed by atoms with E-state index in [4.69, 9.17) is 23.2 Å². The second kappa shape index (κ2) is 8.12. The first-order chi connectivity index (χ1) is 12.8. The molecule has 27 heavy (non-hydrogen) atoms. The molecular formula is C18H13Cl2F3N2OS. The third-order valence-electron chi connectivity index (χ3n) is 3.80. The number of alkyl halides is 3. The van der Waals surface area contributed by atoms with Gasteiger partial charge < -0.3 is 0 Å². The second-order valence-electron chi connectivity index (χ2n) is 5.73. The third kappa shape index (κ3) is 4.78. The second-order valence-corrected chi connectivity index (χ2v) is 7.61. The van der Waals surface area contributed by atoms with Gasteiger partial charge >= 0.3 is 6.18 Å². The van der Waals surface area contributed by atoms with E-state index in [0.29, 0.717) is 22.3 Å². The molecule has 0 aromatic heterocycles. The minimum Gasteiger partial charge on any atom is -0.287 e. The molecule has 0 N–H and O–H groups in total. The van der Waals surface area contributed by atoms with Crippen molar-refractivity contribution in [2.75, 3.05) is 12.3 Å². The first-order valence-corrected chi connectivity index (χ1v) is 9.65. The van der Waals surface area contributed by atoms with Gasteiger partial charge in [-0.2, -0.15) is 13.2 Å². The van der Waals surface area contributed by atoms with Crippen LogP contribution in [0.2, 0.25) is 10.0 Å². The van der Waals surface area contributed by atoms with Gasteiger partial charge in [-0.05, 0) is 42.8 Å². The van der Waals surface area contributed by atoms with Crippen molar-refractivity contribution in [2.45, 2.75) is 12.6 Å². The molecule has 2 aromatic rings. The average Bonchev–Trinajstić information content (AvgIpc) is 2.63. The molecule has 1 aliphatic heterocycles. The van der Waals surface area contributed by atoms with Crippen LogP contribution in [0.5, 0.6) is 0 Å². The van der Waals surface area contributed by atoms with E-state index >= 15 is 0 Å². The lowest BCUT2D eigenvalue weighted by molar-refractivity contribution is -0.137. The molecule has 0 aliphatic carbocycles. The molecule has 1 heterocycles. The van der Waals surface area contributed by atoms with Crippen molar-refractivity contribution in [3.8, 4) is 0 Å². The van der Waals surface area contributed by atoms with E-state index in [-0.39, 0.29) is 16.6 Å². The molecule has 2 aromatic carbocycles. The SMILES string of the molecule is O=C(c1ccc(Cl)c(Cl)c1)N1CCCSC1=Nc1cccc(C(F)(F)F)c1. The van der Waals surface area contributed by atoms with Gasteiger partial charge in [-0.3, -0.25) is 9.69 Å². The van der Waals surface area contributed by atoms with Crippen molar-refractivity contribution in [1.82, 2.24) is 4.90 Å². The third-order valence-corrected chi connectivity index (χ3v) is 5.60. The molecule has 142 valence electrons. The Morgan fingerprint density at radius 3 is 2.59 bits per heavy atom. The van der Waals surface area contributed by atoms with Crippen molar-refractivity contribution in [3.05, 3.63) is 63.6 Å². The molecule has 0 atom stereocenters. The summed E-state index contributed by atoms with van der Waals surface area (Å²) in [5.41, 5.74) is -0.308. The van der Waals surface area contributed by atoms with Gasteiger partial charge in [0.15, 0.2) is 5.17 Å². The van der Waals surface area contributed by atoms with Gasteiger partial charge in [0.25, 0.3) is 5.91 Å². The summed E-state index contributed by atoms with van der Waals surface area (Å²) in [4.78, 5) is 18.6. The van der Waals surface area contributed by atoms with Gasteiger partial charge in [-0.15, -0.1) is 0 Å². The molecule has 0 unspecified atom stereocenters. The molecule has 1 aliphatic rings. The fraction of sp³-hybridized carbons (Fsp3) is 0.222. The number of nitrogens with zero attached hydrogens (tertiary/aromatic N) is 2. The number of aliphatic imine (C=N–C) groups is 1. The van der Waals surface area contributed by atoms with E-state index in [1.165, 1.54) is 40.9 Å². The van der Waals surface area contributed by atoms with Crippen LogP contribution >= 0.6 is 35.0 Å². The molecule has 0 spiro atoms. The summed E-state index contributed by atoms with van der Waals surface area (Å²) in [7, 11) is 0. The van der Waals surface area contributed by atoms with E-state index in [2.05, 4.69) is 4.99 Å². The topological polar surface area (TPSA) is 32.7 Å². The standard InChI is InChI=1S/C18H13Cl2F3N2OS/c19-14-6-5-11(9-15(14)20)16(26)25-7-2-8-27-17(25)24-13-4-1-3-12(10-13)18(21,22)23/h1,3-6,9-10H,2,7-8H2. The number of rotatable bonds is 2. The Labute approximate surface area is 168 Å². The Kier molecular flexibility index (Phi) is 6.03. The van der Waals surface area contributed by atoms with Crippen LogP contribution in [0, 0.1) is 0 Å². The van der Waals surface area contributed by atoms with Crippen molar-refractivity contribution < 1.29 is 18.0 Å². The molecule has 0 saturated carbocycles. The quantitative estimate of drug-likeness (QED) is 0.559. The van der Waals surface area contributed by atoms with Crippen molar-refractivity contribution >= 4 is 51.7 Å². The Morgan fingerprint density at radius 2 is 1.89 bits per heavy atom. The van der Waals surface area contributed by atoms with Gasteiger partial charge in [0, 0.05) is 17.9 Å². The van der Waals surface area contributed by atoms with E-state index < -0.39 is 11.7 Å². The van der Waals surface area contributed by atoms with Crippen LogP contribution in [0.1, 0.15) is 22.3 Å². The summed E-state index contributed by atoms with van der Waals surface area (Å²) in [6.45, 7) is 0.421. The summed E-state index contributed by atoms with van der Waals surface area (Å²) < 4.78 is 38.7. The lowest BCUT2D eigenvalue weighted by Crippen LogP contribution is -2.39. The average molecular weight is 433 g/mol. The summed E-state index contributed by atoms with van der Waals surface area (Å²) in [6, 6.07) is 9.25. The first kappa shape index (κ1) is 20.0. The van der Waals surface area contributed by atoms with Crippen molar-refractivity contribution in [2.24, 2.45) is 4.99 Å². The number of hydrogen-bond donors (Lipinski definition) is 0. The molecule has 1 amide bonds.